The first kappa shape index (κ1) is 15.8. The Bertz CT molecular complexity index is 408. The van der Waals surface area contributed by atoms with Crippen LogP contribution in [-0.4, -0.2) is 68.1 Å². The zero-order chi connectivity index (χ0) is 14.5. The molecular weight excluding hydrogens is 316 g/mol. The van der Waals surface area contributed by atoms with E-state index in [-0.39, 0.29) is 0 Å². The Labute approximate surface area is 130 Å². The minimum Gasteiger partial charge on any atom is -0.398 e. The van der Waals surface area contributed by atoms with Gasteiger partial charge in [0.25, 0.3) is 0 Å². The molecule has 1 saturated heterocycles. The number of likely N-dealkylation sites (N-methyl/N-ethyl adjacent to an activating group) is 1. The summed E-state index contributed by atoms with van der Waals surface area (Å²) in [5, 5.41) is 0. The van der Waals surface area contributed by atoms with E-state index in [0.717, 1.165) is 56.0 Å². The van der Waals surface area contributed by atoms with Crippen molar-refractivity contribution in [2.75, 3.05) is 59.1 Å². The number of hydrogen-bond donors (Lipinski definition) is 1. The minimum atomic E-state index is 0.884. The Morgan fingerprint density at radius 1 is 1.15 bits per heavy atom. The predicted octanol–water partition coefficient (Wildman–Crippen LogP) is 1.71. The standard InChI is InChI=1S/C15H25BrN4/c1-18(2)6-7-19-8-10-20(11-9-19)12-13-14(16)4-3-5-15(13)17/h3-5H,6-12,17H2,1-2H3. The van der Waals surface area contributed by atoms with Crippen LogP contribution in [0.2, 0.25) is 0 Å². The summed E-state index contributed by atoms with van der Waals surface area (Å²) in [7, 11) is 4.26. The first-order valence-electron chi connectivity index (χ1n) is 7.18. The first-order valence-corrected chi connectivity index (χ1v) is 7.98. The molecule has 0 unspecified atom stereocenters. The number of anilines is 1. The number of piperazine rings is 1. The summed E-state index contributed by atoms with van der Waals surface area (Å²) in [6.07, 6.45) is 0. The number of nitrogens with zero attached hydrogens (tertiary/aromatic N) is 3. The Balaban J connectivity index is 1.82. The van der Waals surface area contributed by atoms with Crippen molar-refractivity contribution in [3.05, 3.63) is 28.2 Å². The summed E-state index contributed by atoms with van der Waals surface area (Å²) in [6, 6.07) is 6.04. The highest BCUT2D eigenvalue weighted by molar-refractivity contribution is 9.10. The highest BCUT2D eigenvalue weighted by Crippen LogP contribution is 2.24. The van der Waals surface area contributed by atoms with Crippen LogP contribution in [0.15, 0.2) is 22.7 Å². The van der Waals surface area contributed by atoms with Gasteiger partial charge in [0.05, 0.1) is 0 Å². The fraction of sp³-hybridized carbons (Fsp3) is 0.600. The van der Waals surface area contributed by atoms with Gasteiger partial charge in [-0.25, -0.2) is 0 Å². The second-order valence-electron chi connectivity index (χ2n) is 5.73. The van der Waals surface area contributed by atoms with Crippen LogP contribution in [-0.2, 0) is 6.54 Å². The van der Waals surface area contributed by atoms with Crippen LogP contribution < -0.4 is 5.73 Å². The number of benzene rings is 1. The van der Waals surface area contributed by atoms with Crippen LogP contribution in [0.25, 0.3) is 0 Å². The average molecular weight is 341 g/mol. The van der Waals surface area contributed by atoms with Gasteiger partial charge < -0.3 is 10.6 Å². The largest absolute Gasteiger partial charge is 0.398 e. The molecule has 0 atom stereocenters. The van der Waals surface area contributed by atoms with E-state index in [1.807, 2.05) is 12.1 Å². The van der Waals surface area contributed by atoms with Gasteiger partial charge in [0, 0.05) is 61.5 Å². The fourth-order valence-corrected chi connectivity index (χ4v) is 2.99. The van der Waals surface area contributed by atoms with Crippen molar-refractivity contribution in [1.82, 2.24) is 14.7 Å². The lowest BCUT2D eigenvalue weighted by Crippen LogP contribution is -2.47. The van der Waals surface area contributed by atoms with Gasteiger partial charge in [-0.2, -0.15) is 0 Å². The molecule has 1 aromatic rings. The maximum Gasteiger partial charge on any atom is 0.0371 e. The summed E-state index contributed by atoms with van der Waals surface area (Å²) in [6.45, 7) is 7.78. The zero-order valence-electron chi connectivity index (χ0n) is 12.5. The lowest BCUT2D eigenvalue weighted by molar-refractivity contribution is 0.120. The maximum atomic E-state index is 6.07. The molecule has 112 valence electrons. The number of nitrogens with two attached hydrogens (primary N) is 1. The van der Waals surface area contributed by atoms with Crippen LogP contribution in [0.3, 0.4) is 0 Å². The van der Waals surface area contributed by atoms with E-state index < -0.39 is 0 Å². The second kappa shape index (κ2) is 7.41. The van der Waals surface area contributed by atoms with E-state index >= 15 is 0 Å². The maximum absolute atomic E-state index is 6.07. The summed E-state index contributed by atoms with van der Waals surface area (Å²) >= 11 is 3.60. The topological polar surface area (TPSA) is 35.7 Å². The number of halogens is 1. The summed E-state index contributed by atoms with van der Waals surface area (Å²) < 4.78 is 1.12. The van der Waals surface area contributed by atoms with E-state index in [0.29, 0.717) is 0 Å². The lowest BCUT2D eigenvalue weighted by atomic mass is 10.1. The molecule has 1 fully saturated rings. The summed E-state index contributed by atoms with van der Waals surface area (Å²) in [4.78, 5) is 7.27. The van der Waals surface area contributed by atoms with E-state index in [4.69, 9.17) is 5.73 Å². The third kappa shape index (κ3) is 4.45. The molecule has 5 heteroatoms. The van der Waals surface area contributed by atoms with Gasteiger partial charge in [-0.3, -0.25) is 9.80 Å². The van der Waals surface area contributed by atoms with Gasteiger partial charge in [-0.1, -0.05) is 22.0 Å². The third-order valence-electron chi connectivity index (χ3n) is 3.87. The predicted molar refractivity (Wildman–Crippen MR) is 88.8 cm³/mol. The third-order valence-corrected chi connectivity index (χ3v) is 4.61. The van der Waals surface area contributed by atoms with E-state index in [9.17, 15) is 0 Å². The number of rotatable bonds is 5. The molecule has 0 saturated carbocycles. The highest BCUT2D eigenvalue weighted by atomic mass is 79.9. The van der Waals surface area contributed by atoms with Gasteiger partial charge in [0.15, 0.2) is 0 Å². The Morgan fingerprint density at radius 2 is 1.80 bits per heavy atom. The molecule has 0 bridgehead atoms. The number of nitrogen functional groups attached to an aromatic ring is 1. The molecule has 2 N–H and O–H groups in total. The smallest absolute Gasteiger partial charge is 0.0371 e. The van der Waals surface area contributed by atoms with Crippen LogP contribution in [0.4, 0.5) is 5.69 Å². The van der Waals surface area contributed by atoms with Gasteiger partial charge >= 0.3 is 0 Å². The molecule has 0 radical (unpaired) electrons. The minimum absolute atomic E-state index is 0.884. The van der Waals surface area contributed by atoms with E-state index in [2.05, 4.69) is 50.8 Å². The Kier molecular flexibility index (Phi) is 5.84. The average Bonchev–Trinajstić information content (AvgIpc) is 2.42. The van der Waals surface area contributed by atoms with E-state index in [1.54, 1.807) is 0 Å². The zero-order valence-corrected chi connectivity index (χ0v) is 14.1. The molecule has 1 aliphatic heterocycles. The molecule has 0 aliphatic carbocycles. The highest BCUT2D eigenvalue weighted by Gasteiger charge is 2.18. The molecule has 0 amide bonds. The SMILES string of the molecule is CN(C)CCN1CCN(Cc2c(N)cccc2Br)CC1. The fourth-order valence-electron chi connectivity index (χ4n) is 2.48. The second-order valence-corrected chi connectivity index (χ2v) is 6.58. The summed E-state index contributed by atoms with van der Waals surface area (Å²) in [5.41, 5.74) is 8.17. The monoisotopic (exact) mass is 340 g/mol. The molecule has 1 aliphatic rings. The van der Waals surface area contributed by atoms with Crippen molar-refractivity contribution in [1.29, 1.82) is 0 Å². The Morgan fingerprint density at radius 3 is 2.40 bits per heavy atom. The van der Waals surface area contributed by atoms with E-state index in [1.165, 1.54) is 5.56 Å². The molecule has 0 spiro atoms. The van der Waals surface area contributed by atoms with Crippen molar-refractivity contribution in [2.24, 2.45) is 0 Å². The van der Waals surface area contributed by atoms with Gasteiger partial charge in [-0.05, 0) is 26.2 Å². The molecule has 2 rings (SSSR count). The quantitative estimate of drug-likeness (QED) is 0.828. The van der Waals surface area contributed by atoms with Crippen LogP contribution in [0.1, 0.15) is 5.56 Å². The molecule has 4 nitrogen and oxygen atoms in total. The Hall–Kier alpha value is -0.620. The van der Waals surface area contributed by atoms with Crippen molar-refractivity contribution < 1.29 is 0 Å². The lowest BCUT2D eigenvalue weighted by Gasteiger charge is -2.35. The van der Waals surface area contributed by atoms with Gasteiger partial charge in [-0.15, -0.1) is 0 Å². The normalized spacial score (nSPS) is 17.8. The molecular formula is C15H25BrN4. The van der Waals surface area contributed by atoms with Crippen LogP contribution in [0.5, 0.6) is 0 Å². The van der Waals surface area contributed by atoms with Crippen molar-refractivity contribution in [2.45, 2.75) is 6.54 Å². The summed E-state index contributed by atoms with van der Waals surface area (Å²) in [5.74, 6) is 0. The molecule has 0 aromatic heterocycles. The van der Waals surface area contributed by atoms with Crippen molar-refractivity contribution in [3.63, 3.8) is 0 Å². The van der Waals surface area contributed by atoms with Gasteiger partial charge in [0.1, 0.15) is 0 Å². The van der Waals surface area contributed by atoms with Gasteiger partial charge in [0.2, 0.25) is 0 Å². The van der Waals surface area contributed by atoms with Crippen LogP contribution in [0, 0.1) is 0 Å². The van der Waals surface area contributed by atoms with Crippen LogP contribution >= 0.6 is 15.9 Å². The molecule has 1 heterocycles. The molecule has 20 heavy (non-hydrogen) atoms. The van der Waals surface area contributed by atoms with Crippen molar-refractivity contribution >= 4 is 21.6 Å². The van der Waals surface area contributed by atoms with Crippen molar-refractivity contribution in [3.8, 4) is 0 Å². The first-order chi connectivity index (χ1) is 9.56. The molecule has 1 aromatic carbocycles. The number of hydrogen-bond acceptors (Lipinski definition) is 4.